The van der Waals surface area contributed by atoms with Gasteiger partial charge in [0.2, 0.25) is 0 Å². The van der Waals surface area contributed by atoms with Crippen molar-refractivity contribution in [3.8, 4) is 22.3 Å². The zero-order valence-corrected chi connectivity index (χ0v) is 40.8. The van der Waals surface area contributed by atoms with E-state index < -0.39 is 17.4 Å². The van der Waals surface area contributed by atoms with Crippen LogP contribution in [0, 0.1) is 10.8 Å². The van der Waals surface area contributed by atoms with Gasteiger partial charge in [-0.05, 0) is 0 Å². The van der Waals surface area contributed by atoms with Gasteiger partial charge in [-0.15, -0.1) is 24.8 Å². The molecule has 4 aromatic rings. The Morgan fingerprint density at radius 3 is 1.21 bits per heavy atom. The fraction of sp³-hybridized carbons (Fsp3) is 0.462. The molecule has 0 heterocycles. The summed E-state index contributed by atoms with van der Waals surface area (Å²) < 4.78 is 6.92. The molecule has 0 aliphatic heterocycles. The van der Waals surface area contributed by atoms with E-state index in [-0.39, 0.29) is 24.8 Å². The maximum absolute atomic E-state index is 3.89. The number of halogens is 2. The fourth-order valence-electron chi connectivity index (χ4n) is 12.4. The van der Waals surface area contributed by atoms with E-state index in [2.05, 4.69) is 141 Å². The molecule has 0 bridgehead atoms. The first-order chi connectivity index (χ1) is 26.0. The van der Waals surface area contributed by atoms with Crippen LogP contribution in [0.4, 0.5) is 0 Å². The summed E-state index contributed by atoms with van der Waals surface area (Å²) in [6.45, 7) is 12.1. The van der Waals surface area contributed by atoms with Gasteiger partial charge in [0.05, 0.1) is 0 Å². The molecule has 8 rings (SSSR count). The van der Waals surface area contributed by atoms with E-state index in [9.17, 15) is 0 Å². The molecule has 4 aliphatic carbocycles. The van der Waals surface area contributed by atoms with Crippen molar-refractivity contribution in [3.63, 3.8) is 0 Å². The number of benzene rings is 4. The minimum atomic E-state index is -3.89. The second-order valence-electron chi connectivity index (χ2n) is 19.4. The van der Waals surface area contributed by atoms with Gasteiger partial charge in [0, 0.05) is 0 Å². The van der Waals surface area contributed by atoms with Crippen molar-refractivity contribution in [2.45, 2.75) is 134 Å². The van der Waals surface area contributed by atoms with Crippen LogP contribution in [0.25, 0.3) is 34.4 Å². The van der Waals surface area contributed by atoms with E-state index in [1.807, 2.05) is 0 Å². The first-order valence-corrected chi connectivity index (χ1v) is 35.6. The van der Waals surface area contributed by atoms with Gasteiger partial charge in [-0.3, -0.25) is 0 Å². The third kappa shape index (κ3) is 7.78. The Labute approximate surface area is 355 Å². The topological polar surface area (TPSA) is 0 Å². The molecule has 2 unspecified atom stereocenters. The Hall–Kier alpha value is -1.96. The molecule has 0 N–H and O–H groups in total. The minimum Gasteiger partial charge on any atom is -0.147 e. The number of fused-ring (bicyclic) bond motifs is 2. The summed E-state index contributed by atoms with van der Waals surface area (Å²) in [5, 5.41) is 0. The van der Waals surface area contributed by atoms with Gasteiger partial charge in [0.25, 0.3) is 0 Å². The number of hydrogen-bond acceptors (Lipinski definition) is 0. The SMILES string of the molecule is CCc1ccc(-c2cccc3c2C=C(CC2(CC)CCCC2)[CH]3[Zr]([CH3])([CH3])(=[SiH2])[CH]2C(CC3(CC)CCCC3)=Cc3c(-c4ccc(CC)cc4)cccc32)cc1.Cl.Cl. The van der Waals surface area contributed by atoms with Gasteiger partial charge in [-0.1, -0.05) is 0 Å². The molecule has 0 spiro atoms. The molecular formula is C52H68Cl2SiZr. The van der Waals surface area contributed by atoms with Crippen LogP contribution in [0.15, 0.2) is 96.1 Å². The van der Waals surface area contributed by atoms with Crippen LogP contribution in [0.3, 0.4) is 0 Å². The van der Waals surface area contributed by atoms with Crippen LogP contribution in [0.2, 0.25) is 9.26 Å². The van der Waals surface area contributed by atoms with E-state index in [0.29, 0.717) is 18.1 Å². The zero-order valence-electron chi connectivity index (χ0n) is 35.3. The largest absolute Gasteiger partial charge is 0.147 e. The molecule has 0 aromatic heterocycles. The Morgan fingerprint density at radius 2 is 0.893 bits per heavy atom. The Kier molecular flexibility index (Phi) is 13.2. The summed E-state index contributed by atoms with van der Waals surface area (Å²) in [4.78, 5) is 0. The Morgan fingerprint density at radius 1 is 0.536 bits per heavy atom. The van der Waals surface area contributed by atoms with Gasteiger partial charge in [0.15, 0.2) is 0 Å². The van der Waals surface area contributed by atoms with Gasteiger partial charge < -0.3 is 0 Å². The van der Waals surface area contributed by atoms with Crippen molar-refractivity contribution in [1.82, 2.24) is 0 Å². The number of allylic oxidation sites excluding steroid dienone is 2. The number of rotatable bonds is 12. The van der Waals surface area contributed by atoms with Crippen LogP contribution < -0.4 is 0 Å². The summed E-state index contributed by atoms with van der Waals surface area (Å²) in [6.07, 6.45) is 24.1. The van der Waals surface area contributed by atoms with Crippen LogP contribution in [0.5, 0.6) is 0 Å². The van der Waals surface area contributed by atoms with E-state index in [4.69, 9.17) is 0 Å². The third-order valence-electron chi connectivity index (χ3n) is 15.5. The summed E-state index contributed by atoms with van der Waals surface area (Å²) in [6, 6.07) is 33.8. The van der Waals surface area contributed by atoms with Crippen LogP contribution in [0.1, 0.15) is 145 Å². The van der Waals surface area contributed by atoms with E-state index >= 15 is 0 Å². The fourth-order valence-corrected chi connectivity index (χ4v) is 32.1. The molecule has 4 heteroatoms. The molecule has 2 atom stereocenters. The third-order valence-corrected chi connectivity index (χ3v) is 33.0. The van der Waals surface area contributed by atoms with Gasteiger partial charge >= 0.3 is 333 Å². The molecule has 4 aliphatic rings. The second kappa shape index (κ2) is 17.0. The van der Waals surface area contributed by atoms with Crippen molar-refractivity contribution in [2.75, 3.05) is 0 Å². The smallest absolute Gasteiger partial charge is 0.147 e. The van der Waals surface area contributed by atoms with E-state index in [1.54, 1.807) is 22.3 Å². The van der Waals surface area contributed by atoms with Gasteiger partial charge in [-0.2, -0.15) is 0 Å². The maximum atomic E-state index is 2.91. The molecule has 56 heavy (non-hydrogen) atoms. The molecule has 0 radical (unpaired) electrons. The Bertz CT molecular complexity index is 2000. The molecule has 0 saturated heterocycles. The molecule has 2 fully saturated rings. The average molecular weight is 883 g/mol. The molecule has 4 aromatic carbocycles. The Balaban J connectivity index is 0.00000266. The monoisotopic (exact) mass is 880 g/mol. The molecule has 2 saturated carbocycles. The normalized spacial score (nSPS) is 20.8. The van der Waals surface area contributed by atoms with E-state index in [0.717, 1.165) is 12.8 Å². The summed E-state index contributed by atoms with van der Waals surface area (Å²) in [5.41, 5.74) is 19.4. The van der Waals surface area contributed by atoms with Gasteiger partial charge in [-0.25, -0.2) is 0 Å². The predicted octanol–water partition coefficient (Wildman–Crippen LogP) is 15.6. The van der Waals surface area contributed by atoms with E-state index in [1.165, 1.54) is 122 Å². The summed E-state index contributed by atoms with van der Waals surface area (Å²) in [7, 11) is 0. The van der Waals surface area contributed by atoms with Crippen molar-refractivity contribution in [2.24, 2.45) is 10.8 Å². The minimum absolute atomic E-state index is 0. The summed E-state index contributed by atoms with van der Waals surface area (Å²) >= 11 is -3.89. The van der Waals surface area contributed by atoms with Crippen molar-refractivity contribution in [3.05, 3.63) is 129 Å². The standard InChI is InChI=1S/2C25H29.2CH3.2ClH.H2Si.Zr/c2*1-3-19-10-12-21(13-11-19)23-9-7-8-22-16-20(17-24(22)23)18-25(4-2)14-5-6-15-25;;;;;;/h2*7-13,16-17H,3-6,14-15,18H2,1-2H3;2*1H3;2*1H;1H2;. The molecule has 298 valence electrons. The van der Waals surface area contributed by atoms with Crippen LogP contribution >= 0.6 is 24.8 Å². The van der Waals surface area contributed by atoms with Gasteiger partial charge in [0.1, 0.15) is 0 Å². The second-order valence-corrected chi connectivity index (χ2v) is 49.9. The maximum Gasteiger partial charge on any atom is -0.147 e. The first kappa shape index (κ1) is 43.6. The quantitative estimate of drug-likeness (QED) is 0.124. The number of aryl methyl sites for hydroxylation is 2. The average Bonchev–Trinajstić information content (AvgIpc) is 4.00. The number of hydrogen-bond donors (Lipinski definition) is 0. The molecule has 0 amide bonds. The predicted molar refractivity (Wildman–Crippen MR) is 250 cm³/mol. The zero-order chi connectivity index (χ0) is 37.7. The van der Waals surface area contributed by atoms with Crippen molar-refractivity contribution in [1.29, 1.82) is 0 Å². The van der Waals surface area contributed by atoms with Crippen molar-refractivity contribution >= 4 is 43.8 Å². The van der Waals surface area contributed by atoms with Crippen LogP contribution in [-0.2, 0) is 30.2 Å². The molecular weight excluding hydrogens is 815 g/mol. The first-order valence-electron chi connectivity index (χ1n) is 21.9. The van der Waals surface area contributed by atoms with Crippen molar-refractivity contribution < 1.29 is 17.4 Å². The molecule has 0 nitrogen and oxygen atoms in total. The summed E-state index contributed by atoms with van der Waals surface area (Å²) in [5.74, 6) is 0. The van der Waals surface area contributed by atoms with Crippen LogP contribution in [-0.4, -0.2) is 6.88 Å².